The van der Waals surface area contributed by atoms with E-state index in [-0.39, 0.29) is 37.5 Å². The third kappa shape index (κ3) is 6.32. The fraction of sp³-hybridized carbons (Fsp3) is 0.409. The van der Waals surface area contributed by atoms with Crippen molar-refractivity contribution in [3.63, 3.8) is 0 Å². The number of esters is 2. The molecule has 1 aromatic rings. The highest BCUT2D eigenvalue weighted by Gasteiger charge is 2.39. The van der Waals surface area contributed by atoms with E-state index >= 15 is 0 Å². The lowest BCUT2D eigenvalue weighted by atomic mass is 9.80. The monoisotopic (exact) mass is 466 g/mol. The van der Waals surface area contributed by atoms with Gasteiger partial charge in [-0.3, -0.25) is 4.79 Å². The highest BCUT2D eigenvalue weighted by atomic mass is 35.5. The number of carbonyl (C=O) groups excluding carboxylic acids is 2. The summed E-state index contributed by atoms with van der Waals surface area (Å²) in [5.41, 5.74) is 1.92. The molecule has 10 heteroatoms. The third-order valence-corrected chi connectivity index (χ3v) is 5.05. The van der Waals surface area contributed by atoms with Crippen LogP contribution in [0.3, 0.4) is 0 Å². The Morgan fingerprint density at radius 2 is 1.91 bits per heavy atom. The van der Waals surface area contributed by atoms with Crippen LogP contribution < -0.4 is 10.6 Å². The van der Waals surface area contributed by atoms with Gasteiger partial charge in [-0.2, -0.15) is 0 Å². The van der Waals surface area contributed by atoms with Crippen LogP contribution in [-0.2, 0) is 28.6 Å². The zero-order valence-corrected chi connectivity index (χ0v) is 19.0. The zero-order valence-electron chi connectivity index (χ0n) is 18.2. The number of carboxylic acids is 1. The average molecular weight is 467 g/mol. The Morgan fingerprint density at radius 3 is 2.53 bits per heavy atom. The Labute approximate surface area is 191 Å². The van der Waals surface area contributed by atoms with E-state index in [9.17, 15) is 14.4 Å². The van der Waals surface area contributed by atoms with E-state index in [2.05, 4.69) is 10.6 Å². The number of dihydropyridines is 1. The van der Waals surface area contributed by atoms with Gasteiger partial charge in [-0.15, -0.1) is 0 Å². The van der Waals surface area contributed by atoms with Crippen molar-refractivity contribution in [1.82, 2.24) is 10.6 Å². The Hall–Kier alpha value is -2.88. The minimum Gasteiger partial charge on any atom is -0.480 e. The van der Waals surface area contributed by atoms with Crippen LogP contribution in [0.15, 0.2) is 46.8 Å². The van der Waals surface area contributed by atoms with Crippen LogP contribution in [0.4, 0.5) is 0 Å². The molecular weight excluding hydrogens is 440 g/mol. The fourth-order valence-corrected chi connectivity index (χ4v) is 3.62. The first-order chi connectivity index (χ1) is 15.3. The predicted molar refractivity (Wildman–Crippen MR) is 117 cm³/mol. The normalized spacial score (nSPS) is 15.9. The summed E-state index contributed by atoms with van der Waals surface area (Å²) in [7, 11) is 1.27. The van der Waals surface area contributed by atoms with Gasteiger partial charge in [-0.1, -0.05) is 29.8 Å². The maximum Gasteiger partial charge on any atom is 0.336 e. The summed E-state index contributed by atoms with van der Waals surface area (Å²) in [5.74, 6) is -2.99. The summed E-state index contributed by atoms with van der Waals surface area (Å²) < 4.78 is 15.9. The molecule has 32 heavy (non-hydrogen) atoms. The van der Waals surface area contributed by atoms with Gasteiger partial charge in [0, 0.05) is 17.3 Å². The molecule has 0 saturated carbocycles. The van der Waals surface area contributed by atoms with Gasteiger partial charge in [0.05, 0.1) is 56.2 Å². The molecule has 3 N–H and O–H groups in total. The van der Waals surface area contributed by atoms with Crippen molar-refractivity contribution in [2.75, 3.05) is 40.0 Å². The van der Waals surface area contributed by atoms with E-state index in [0.717, 1.165) is 0 Å². The summed E-state index contributed by atoms with van der Waals surface area (Å²) >= 11 is 6.44. The van der Waals surface area contributed by atoms with Gasteiger partial charge < -0.3 is 30.0 Å². The van der Waals surface area contributed by atoms with E-state index in [1.54, 1.807) is 38.1 Å². The fourth-order valence-electron chi connectivity index (χ4n) is 3.37. The maximum atomic E-state index is 13.0. The summed E-state index contributed by atoms with van der Waals surface area (Å²) in [6.45, 7) is 3.87. The van der Waals surface area contributed by atoms with Gasteiger partial charge in [-0.25, -0.2) is 9.59 Å². The van der Waals surface area contributed by atoms with Crippen molar-refractivity contribution in [2.45, 2.75) is 19.8 Å². The molecule has 0 aromatic heterocycles. The number of aliphatic carboxylic acids is 1. The van der Waals surface area contributed by atoms with Crippen LogP contribution in [0, 0.1) is 0 Å². The molecule has 1 heterocycles. The Morgan fingerprint density at radius 1 is 1.19 bits per heavy atom. The Bertz CT molecular complexity index is 927. The number of ether oxygens (including phenoxy) is 3. The average Bonchev–Trinajstić information content (AvgIpc) is 2.75. The molecule has 0 amide bonds. The second-order valence-corrected chi connectivity index (χ2v) is 7.25. The van der Waals surface area contributed by atoms with E-state index in [1.807, 2.05) is 0 Å². The summed E-state index contributed by atoms with van der Waals surface area (Å²) in [5, 5.41) is 14.8. The quantitative estimate of drug-likeness (QED) is 0.331. The van der Waals surface area contributed by atoms with Gasteiger partial charge in [0.25, 0.3) is 0 Å². The highest BCUT2D eigenvalue weighted by Crippen LogP contribution is 2.41. The van der Waals surface area contributed by atoms with Crippen LogP contribution in [0.25, 0.3) is 0 Å². The van der Waals surface area contributed by atoms with Crippen LogP contribution in [0.5, 0.6) is 0 Å². The summed E-state index contributed by atoms with van der Waals surface area (Å²) in [4.78, 5) is 36.3. The molecule has 1 unspecified atom stereocenters. The van der Waals surface area contributed by atoms with Crippen molar-refractivity contribution < 1.29 is 33.7 Å². The molecule has 0 spiro atoms. The molecule has 0 fully saturated rings. The molecule has 174 valence electrons. The highest BCUT2D eigenvalue weighted by molar-refractivity contribution is 6.31. The first-order valence-corrected chi connectivity index (χ1v) is 10.4. The first kappa shape index (κ1) is 25.4. The number of carbonyl (C=O) groups is 3. The van der Waals surface area contributed by atoms with Gasteiger partial charge >= 0.3 is 17.9 Å². The van der Waals surface area contributed by atoms with Crippen LogP contribution in [0.1, 0.15) is 25.3 Å². The molecule has 1 aliphatic rings. The Kier molecular flexibility index (Phi) is 9.70. The Balaban J connectivity index is 2.44. The number of allylic oxidation sites excluding steroid dienone is 1. The van der Waals surface area contributed by atoms with E-state index in [0.29, 0.717) is 28.5 Å². The van der Waals surface area contributed by atoms with Crippen molar-refractivity contribution in [3.8, 4) is 0 Å². The molecule has 1 atom stereocenters. The third-order valence-electron chi connectivity index (χ3n) is 4.71. The second-order valence-electron chi connectivity index (χ2n) is 6.85. The lowest BCUT2D eigenvalue weighted by Gasteiger charge is -2.31. The zero-order chi connectivity index (χ0) is 23.7. The topological polar surface area (TPSA) is 123 Å². The lowest BCUT2D eigenvalue weighted by Crippen LogP contribution is -2.35. The smallest absolute Gasteiger partial charge is 0.336 e. The lowest BCUT2D eigenvalue weighted by molar-refractivity contribution is -0.139. The molecule has 1 aromatic carbocycles. The number of methoxy groups -OCH3 is 1. The number of benzene rings is 1. The van der Waals surface area contributed by atoms with Crippen LogP contribution in [-0.4, -0.2) is 63.0 Å². The van der Waals surface area contributed by atoms with Gasteiger partial charge in [0.2, 0.25) is 0 Å². The number of hydrogen-bond donors (Lipinski definition) is 3. The molecule has 2 rings (SSSR count). The summed E-state index contributed by atoms with van der Waals surface area (Å²) in [6, 6.07) is 6.93. The van der Waals surface area contributed by atoms with Crippen molar-refractivity contribution in [3.05, 3.63) is 57.4 Å². The molecule has 1 aliphatic heterocycles. The van der Waals surface area contributed by atoms with E-state index in [1.165, 1.54) is 7.11 Å². The standard InChI is InChI=1S/C22H27ClN2O7/c1-4-32-22(29)20-16(12-31-10-9-24-11-17(26)27)25-13(2)18(21(28)30-3)19(20)14-7-5-6-8-15(14)23/h5-8,19,24-25H,4,9-12H2,1-3H3,(H,26,27). The van der Waals surface area contributed by atoms with Crippen molar-refractivity contribution >= 4 is 29.5 Å². The van der Waals surface area contributed by atoms with Crippen LogP contribution in [0.2, 0.25) is 5.02 Å². The SMILES string of the molecule is CCOC(=O)C1=C(COCCNCC(=O)O)NC(C)=C(C(=O)OC)C1c1ccccc1Cl. The van der Waals surface area contributed by atoms with Crippen molar-refractivity contribution in [1.29, 1.82) is 0 Å². The number of carboxylic acid groups (broad SMARTS) is 1. The molecule has 0 radical (unpaired) electrons. The van der Waals surface area contributed by atoms with E-state index in [4.69, 9.17) is 30.9 Å². The van der Waals surface area contributed by atoms with Crippen molar-refractivity contribution in [2.24, 2.45) is 0 Å². The number of halogens is 1. The number of nitrogens with one attached hydrogen (secondary N) is 2. The van der Waals surface area contributed by atoms with E-state index < -0.39 is 23.8 Å². The predicted octanol–water partition coefficient (Wildman–Crippen LogP) is 1.98. The molecule has 9 nitrogen and oxygen atoms in total. The van der Waals surface area contributed by atoms with Gasteiger partial charge in [0.1, 0.15) is 0 Å². The molecular formula is C22H27ClN2O7. The number of hydrogen-bond acceptors (Lipinski definition) is 8. The molecule has 0 bridgehead atoms. The maximum absolute atomic E-state index is 13.0. The minimum absolute atomic E-state index is 0.00957. The second kappa shape index (κ2) is 12.2. The molecule has 0 saturated heterocycles. The summed E-state index contributed by atoms with van der Waals surface area (Å²) in [6.07, 6.45) is 0. The minimum atomic E-state index is -0.968. The van der Waals surface area contributed by atoms with Gasteiger partial charge in [-0.05, 0) is 25.5 Å². The number of rotatable bonds is 11. The van der Waals surface area contributed by atoms with Gasteiger partial charge in [0.15, 0.2) is 0 Å². The largest absolute Gasteiger partial charge is 0.480 e. The first-order valence-electron chi connectivity index (χ1n) is 10.0. The van der Waals surface area contributed by atoms with Crippen LogP contribution >= 0.6 is 11.6 Å². The molecule has 0 aliphatic carbocycles.